The van der Waals surface area contributed by atoms with Crippen molar-refractivity contribution in [3.05, 3.63) is 35.5 Å². The zero-order valence-electron chi connectivity index (χ0n) is 14.6. The molecule has 1 aromatic heterocycles. The number of nitrogens with zero attached hydrogens (tertiary/aromatic N) is 1. The van der Waals surface area contributed by atoms with E-state index < -0.39 is 43.1 Å². The van der Waals surface area contributed by atoms with Crippen LogP contribution in [0.15, 0.2) is 24.3 Å². The Morgan fingerprint density at radius 3 is 2.63 bits per heavy atom. The smallest absolute Gasteiger partial charge is 0.394 e. The van der Waals surface area contributed by atoms with E-state index in [1.54, 1.807) is 0 Å². The van der Waals surface area contributed by atoms with Crippen molar-refractivity contribution < 1.29 is 27.9 Å². The van der Waals surface area contributed by atoms with Gasteiger partial charge in [-0.1, -0.05) is 18.2 Å². The van der Waals surface area contributed by atoms with Gasteiger partial charge in [-0.2, -0.15) is 13.2 Å². The Bertz CT molecular complexity index is 862. The lowest BCUT2D eigenvalue weighted by atomic mass is 9.96. The van der Waals surface area contributed by atoms with Gasteiger partial charge in [0, 0.05) is 36.2 Å². The minimum absolute atomic E-state index is 0.243. The number of likely N-dealkylation sites (tertiary alicyclic amines) is 1. The van der Waals surface area contributed by atoms with Gasteiger partial charge >= 0.3 is 18.2 Å². The fourth-order valence-electron chi connectivity index (χ4n) is 3.61. The summed E-state index contributed by atoms with van der Waals surface area (Å²) in [5.41, 5.74) is 2.98. The summed E-state index contributed by atoms with van der Waals surface area (Å²) in [4.78, 5) is 27.5. The van der Waals surface area contributed by atoms with E-state index in [-0.39, 0.29) is 6.54 Å². The third kappa shape index (κ3) is 3.86. The molecule has 0 saturated carbocycles. The summed E-state index contributed by atoms with van der Waals surface area (Å²) in [5.74, 6) is -5.22. The van der Waals surface area contributed by atoms with Crippen molar-refractivity contribution in [2.45, 2.75) is 19.5 Å². The SMILES string of the molecule is Cc1[nH]c2ccccc2c1CCNC(=O)N1C[C@@H](C(F)(F)F)[C@H](C(=O)O)C1. The number of aliphatic carboxylic acids is 1. The summed E-state index contributed by atoms with van der Waals surface area (Å²) in [6.07, 6.45) is -4.14. The van der Waals surface area contributed by atoms with Gasteiger partial charge < -0.3 is 20.3 Å². The summed E-state index contributed by atoms with van der Waals surface area (Å²) in [6.45, 7) is 1.07. The number of carboxylic acids is 1. The number of carbonyl (C=O) groups is 2. The molecule has 0 unspecified atom stereocenters. The number of para-hydroxylation sites is 1. The van der Waals surface area contributed by atoms with Gasteiger partial charge in [-0.25, -0.2) is 4.79 Å². The van der Waals surface area contributed by atoms with E-state index in [1.165, 1.54) is 0 Å². The number of halogens is 3. The fourth-order valence-corrected chi connectivity index (χ4v) is 3.61. The van der Waals surface area contributed by atoms with Crippen LogP contribution in [0, 0.1) is 18.8 Å². The number of hydrogen-bond acceptors (Lipinski definition) is 2. The Balaban J connectivity index is 1.61. The van der Waals surface area contributed by atoms with Gasteiger partial charge in [-0.15, -0.1) is 0 Å². The highest BCUT2D eigenvalue weighted by Gasteiger charge is 2.53. The predicted molar refractivity (Wildman–Crippen MR) is 92.4 cm³/mol. The number of alkyl halides is 3. The number of nitrogens with one attached hydrogen (secondary N) is 2. The molecule has 2 heterocycles. The molecule has 27 heavy (non-hydrogen) atoms. The predicted octanol–water partition coefficient (Wildman–Crippen LogP) is 2.92. The van der Waals surface area contributed by atoms with Crippen LogP contribution in [0.1, 0.15) is 11.3 Å². The molecule has 1 aliphatic heterocycles. The minimum Gasteiger partial charge on any atom is -0.481 e. The van der Waals surface area contributed by atoms with Crippen LogP contribution in [0.5, 0.6) is 0 Å². The van der Waals surface area contributed by atoms with Crippen LogP contribution in [-0.4, -0.2) is 52.8 Å². The molecule has 1 aliphatic rings. The normalized spacial score (nSPS) is 20.2. The van der Waals surface area contributed by atoms with Crippen molar-refractivity contribution in [2.24, 2.45) is 11.8 Å². The number of fused-ring (bicyclic) bond motifs is 1. The molecule has 9 heteroatoms. The van der Waals surface area contributed by atoms with Crippen LogP contribution in [0.4, 0.5) is 18.0 Å². The molecule has 0 spiro atoms. The van der Waals surface area contributed by atoms with Crippen LogP contribution < -0.4 is 5.32 Å². The van der Waals surface area contributed by atoms with Crippen molar-refractivity contribution in [3.8, 4) is 0 Å². The molecule has 2 amide bonds. The molecule has 2 atom stereocenters. The van der Waals surface area contributed by atoms with Gasteiger partial charge in [0.25, 0.3) is 0 Å². The molecule has 6 nitrogen and oxygen atoms in total. The first kappa shape index (κ1) is 19.1. The van der Waals surface area contributed by atoms with E-state index in [1.807, 2.05) is 31.2 Å². The molecule has 3 rings (SSSR count). The summed E-state index contributed by atoms with van der Waals surface area (Å²) in [6, 6.07) is 7.04. The molecule has 0 radical (unpaired) electrons. The largest absolute Gasteiger partial charge is 0.481 e. The molecule has 3 N–H and O–H groups in total. The molecule has 1 fully saturated rings. The number of rotatable bonds is 4. The molecule has 1 aromatic carbocycles. The Kier molecular flexibility index (Phi) is 5.03. The maximum Gasteiger partial charge on any atom is 0.394 e. The van der Waals surface area contributed by atoms with Crippen LogP contribution >= 0.6 is 0 Å². The Morgan fingerprint density at radius 2 is 2.00 bits per heavy atom. The first-order valence-electron chi connectivity index (χ1n) is 8.57. The Hall–Kier alpha value is -2.71. The summed E-state index contributed by atoms with van der Waals surface area (Å²) >= 11 is 0. The number of H-pyrrole nitrogens is 1. The average Bonchev–Trinajstić information content (AvgIpc) is 3.17. The molecule has 146 valence electrons. The number of aromatic amines is 1. The summed E-state index contributed by atoms with van der Waals surface area (Å²) < 4.78 is 39.0. The maximum absolute atomic E-state index is 13.0. The van der Waals surface area contributed by atoms with Gasteiger partial charge in [0.2, 0.25) is 0 Å². The second-order valence-corrected chi connectivity index (χ2v) is 6.75. The third-order valence-electron chi connectivity index (χ3n) is 5.02. The van der Waals surface area contributed by atoms with Crippen LogP contribution in [0.2, 0.25) is 0 Å². The van der Waals surface area contributed by atoms with Crippen LogP contribution in [0.3, 0.4) is 0 Å². The zero-order valence-corrected chi connectivity index (χ0v) is 14.6. The molecule has 0 bridgehead atoms. The van der Waals surface area contributed by atoms with Gasteiger partial charge in [-0.05, 0) is 25.0 Å². The van der Waals surface area contributed by atoms with Gasteiger partial charge in [0.15, 0.2) is 0 Å². The lowest BCUT2D eigenvalue weighted by Gasteiger charge is -2.18. The standard InChI is InChI=1S/C18H20F3N3O3/c1-10-11(12-4-2-3-5-15(12)23-10)6-7-22-17(27)24-8-13(16(25)26)14(9-24)18(19,20)21/h2-5,13-14,23H,6-9H2,1H3,(H,22,27)(H,25,26)/t13-,14-/m1/s1. The monoisotopic (exact) mass is 383 g/mol. The first-order valence-corrected chi connectivity index (χ1v) is 8.57. The highest BCUT2D eigenvalue weighted by molar-refractivity contribution is 5.84. The summed E-state index contributed by atoms with van der Waals surface area (Å²) in [5, 5.41) is 12.7. The van der Waals surface area contributed by atoms with Crippen molar-refractivity contribution in [1.29, 1.82) is 0 Å². The second kappa shape index (κ2) is 7.13. The number of aromatic nitrogens is 1. The average molecular weight is 383 g/mol. The number of benzene rings is 1. The maximum atomic E-state index is 13.0. The Morgan fingerprint density at radius 1 is 1.30 bits per heavy atom. The van der Waals surface area contributed by atoms with Crippen LogP contribution in [-0.2, 0) is 11.2 Å². The van der Waals surface area contributed by atoms with Crippen molar-refractivity contribution >= 4 is 22.9 Å². The topological polar surface area (TPSA) is 85.4 Å². The highest BCUT2D eigenvalue weighted by atomic mass is 19.4. The molecular weight excluding hydrogens is 363 g/mol. The zero-order chi connectivity index (χ0) is 19.8. The van der Waals surface area contributed by atoms with E-state index in [0.29, 0.717) is 6.42 Å². The summed E-state index contributed by atoms with van der Waals surface area (Å²) in [7, 11) is 0. The number of amides is 2. The molecule has 0 aliphatic carbocycles. The molecular formula is C18H20F3N3O3. The number of urea groups is 1. The van der Waals surface area contributed by atoms with Crippen molar-refractivity contribution in [3.63, 3.8) is 0 Å². The highest BCUT2D eigenvalue weighted by Crippen LogP contribution is 2.37. The second-order valence-electron chi connectivity index (χ2n) is 6.75. The quantitative estimate of drug-likeness (QED) is 0.759. The lowest BCUT2D eigenvalue weighted by Crippen LogP contribution is -2.40. The minimum atomic E-state index is -4.65. The van der Waals surface area contributed by atoms with E-state index >= 15 is 0 Å². The lowest BCUT2D eigenvalue weighted by molar-refractivity contribution is -0.187. The number of carbonyl (C=O) groups excluding carboxylic acids is 1. The van der Waals surface area contributed by atoms with Gasteiger partial charge in [-0.3, -0.25) is 4.79 Å². The number of hydrogen-bond donors (Lipinski definition) is 3. The third-order valence-corrected chi connectivity index (χ3v) is 5.02. The number of carboxylic acid groups (broad SMARTS) is 1. The first-order chi connectivity index (χ1) is 12.7. The van der Waals surface area contributed by atoms with Crippen molar-refractivity contribution in [2.75, 3.05) is 19.6 Å². The van der Waals surface area contributed by atoms with Gasteiger partial charge in [0.1, 0.15) is 0 Å². The van der Waals surface area contributed by atoms with Gasteiger partial charge in [0.05, 0.1) is 11.8 Å². The van der Waals surface area contributed by atoms with Crippen LogP contribution in [0.25, 0.3) is 10.9 Å². The van der Waals surface area contributed by atoms with E-state index in [0.717, 1.165) is 27.1 Å². The Labute approximate surface area is 153 Å². The molecule has 2 aromatic rings. The molecule has 1 saturated heterocycles. The van der Waals surface area contributed by atoms with E-state index in [2.05, 4.69) is 10.3 Å². The van der Waals surface area contributed by atoms with E-state index in [9.17, 15) is 22.8 Å². The van der Waals surface area contributed by atoms with Crippen molar-refractivity contribution in [1.82, 2.24) is 15.2 Å². The fraction of sp³-hybridized carbons (Fsp3) is 0.444. The van der Waals surface area contributed by atoms with E-state index in [4.69, 9.17) is 5.11 Å². The number of aryl methyl sites for hydroxylation is 1.